The van der Waals surface area contributed by atoms with Crippen LogP contribution in [0, 0.1) is 0 Å². The predicted octanol–water partition coefficient (Wildman–Crippen LogP) is 5.04. The fourth-order valence-corrected chi connectivity index (χ4v) is 3.86. The molecule has 0 unspecified atom stereocenters. The van der Waals surface area contributed by atoms with Crippen LogP contribution in [0.5, 0.6) is 5.75 Å². The average Bonchev–Trinajstić information content (AvgIpc) is 3.24. The van der Waals surface area contributed by atoms with Crippen LogP contribution in [0.15, 0.2) is 85.1 Å². The summed E-state index contributed by atoms with van der Waals surface area (Å²) in [4.78, 5) is 15.9. The minimum absolute atomic E-state index is 0.0485. The highest BCUT2D eigenvalue weighted by atomic mass is 16.3. The highest BCUT2D eigenvalue weighted by molar-refractivity contribution is 5.95. The van der Waals surface area contributed by atoms with E-state index >= 15 is 0 Å². The lowest BCUT2D eigenvalue weighted by Gasteiger charge is -2.11. The predicted molar refractivity (Wildman–Crippen MR) is 134 cm³/mol. The zero-order chi connectivity index (χ0) is 22.9. The van der Waals surface area contributed by atoms with E-state index in [0.717, 1.165) is 47.0 Å². The minimum Gasteiger partial charge on any atom is -0.508 e. The van der Waals surface area contributed by atoms with Gasteiger partial charge in [0.25, 0.3) is 5.91 Å². The maximum absolute atomic E-state index is 12.7. The summed E-state index contributed by atoms with van der Waals surface area (Å²) in [5.41, 5.74) is 5.01. The number of H-pyrrole nitrogens is 1. The third kappa shape index (κ3) is 6.11. The molecule has 0 saturated heterocycles. The molecule has 5 heteroatoms. The number of hydrogen-bond acceptors (Lipinski definition) is 3. The van der Waals surface area contributed by atoms with Gasteiger partial charge in [-0.05, 0) is 60.3 Å². The summed E-state index contributed by atoms with van der Waals surface area (Å²) in [6.45, 7) is 1.98. The second-order valence-corrected chi connectivity index (χ2v) is 7.99. The molecular formula is C28H29N3O2. The Balaban J connectivity index is 1.25. The number of carbonyl (C=O) groups is 1. The molecule has 5 nitrogen and oxygen atoms in total. The number of benzene rings is 3. The molecule has 0 radical (unpaired) electrons. The van der Waals surface area contributed by atoms with Gasteiger partial charge in [-0.15, -0.1) is 0 Å². The van der Waals surface area contributed by atoms with E-state index in [1.165, 1.54) is 0 Å². The van der Waals surface area contributed by atoms with Gasteiger partial charge in [0.2, 0.25) is 0 Å². The van der Waals surface area contributed by atoms with Crippen LogP contribution in [0.2, 0.25) is 0 Å². The van der Waals surface area contributed by atoms with Crippen molar-refractivity contribution in [3.05, 3.63) is 107 Å². The summed E-state index contributed by atoms with van der Waals surface area (Å²) < 4.78 is 0. The Kier molecular flexibility index (Phi) is 7.56. The first-order valence-electron chi connectivity index (χ1n) is 11.3. The molecule has 1 amide bonds. The molecule has 0 aliphatic heterocycles. The number of carbonyl (C=O) groups excluding carboxylic acids is 1. The van der Waals surface area contributed by atoms with E-state index < -0.39 is 0 Å². The molecular weight excluding hydrogens is 410 g/mol. The molecule has 33 heavy (non-hydrogen) atoms. The second kappa shape index (κ2) is 11.2. The SMILES string of the molecule is O=C(NCCC=Cc1ccccc1)c1ccccc1CNCCc1c[nH]c2ccc(O)cc12. The van der Waals surface area contributed by atoms with Crippen LogP contribution in [0.4, 0.5) is 0 Å². The average molecular weight is 440 g/mol. The van der Waals surface area contributed by atoms with Crippen LogP contribution in [-0.2, 0) is 13.0 Å². The molecule has 1 heterocycles. The number of amides is 1. The number of aromatic hydroxyl groups is 1. The van der Waals surface area contributed by atoms with E-state index in [-0.39, 0.29) is 11.7 Å². The summed E-state index contributed by atoms with van der Waals surface area (Å²) >= 11 is 0. The van der Waals surface area contributed by atoms with E-state index in [9.17, 15) is 9.90 Å². The van der Waals surface area contributed by atoms with Gasteiger partial charge in [-0.1, -0.05) is 60.7 Å². The first kappa shape index (κ1) is 22.4. The molecule has 4 N–H and O–H groups in total. The Morgan fingerprint density at radius 1 is 0.939 bits per heavy atom. The van der Waals surface area contributed by atoms with Gasteiger partial charge in [-0.25, -0.2) is 0 Å². The minimum atomic E-state index is -0.0485. The lowest BCUT2D eigenvalue weighted by Crippen LogP contribution is -2.26. The van der Waals surface area contributed by atoms with E-state index in [0.29, 0.717) is 18.7 Å². The topological polar surface area (TPSA) is 77.2 Å². The Morgan fingerprint density at radius 2 is 1.76 bits per heavy atom. The van der Waals surface area contributed by atoms with Crippen molar-refractivity contribution in [3.8, 4) is 5.75 Å². The Morgan fingerprint density at radius 3 is 2.64 bits per heavy atom. The number of hydrogen-bond donors (Lipinski definition) is 4. The fourth-order valence-electron chi connectivity index (χ4n) is 3.86. The van der Waals surface area contributed by atoms with Crippen molar-refractivity contribution in [2.75, 3.05) is 13.1 Å². The quantitative estimate of drug-likeness (QED) is 0.262. The van der Waals surface area contributed by atoms with E-state index in [4.69, 9.17) is 0 Å². The van der Waals surface area contributed by atoms with Crippen molar-refractivity contribution in [1.82, 2.24) is 15.6 Å². The van der Waals surface area contributed by atoms with Crippen molar-refractivity contribution in [2.24, 2.45) is 0 Å². The lowest BCUT2D eigenvalue weighted by atomic mass is 10.1. The Bertz CT molecular complexity index is 1230. The largest absolute Gasteiger partial charge is 0.508 e. The number of aromatic amines is 1. The van der Waals surface area contributed by atoms with E-state index in [2.05, 4.69) is 39.9 Å². The van der Waals surface area contributed by atoms with E-state index in [1.807, 2.05) is 54.7 Å². The van der Waals surface area contributed by atoms with Crippen LogP contribution in [0.3, 0.4) is 0 Å². The maximum Gasteiger partial charge on any atom is 0.251 e. The summed E-state index contributed by atoms with van der Waals surface area (Å²) in [6.07, 6.45) is 7.73. The smallest absolute Gasteiger partial charge is 0.251 e. The third-order valence-corrected chi connectivity index (χ3v) is 5.61. The second-order valence-electron chi connectivity index (χ2n) is 7.99. The Labute approximate surface area is 194 Å². The van der Waals surface area contributed by atoms with Crippen molar-refractivity contribution >= 4 is 22.9 Å². The zero-order valence-electron chi connectivity index (χ0n) is 18.6. The van der Waals surface area contributed by atoms with Crippen molar-refractivity contribution in [1.29, 1.82) is 0 Å². The van der Waals surface area contributed by atoms with Crippen molar-refractivity contribution < 1.29 is 9.90 Å². The van der Waals surface area contributed by atoms with Gasteiger partial charge in [0, 0.05) is 35.8 Å². The number of fused-ring (bicyclic) bond motifs is 1. The number of aromatic nitrogens is 1. The van der Waals surface area contributed by atoms with Gasteiger partial charge >= 0.3 is 0 Å². The monoisotopic (exact) mass is 439 g/mol. The first-order chi connectivity index (χ1) is 16.2. The number of phenols is 1. The number of rotatable bonds is 10. The van der Waals surface area contributed by atoms with Crippen molar-refractivity contribution in [2.45, 2.75) is 19.4 Å². The summed E-state index contributed by atoms with van der Waals surface area (Å²) in [5.74, 6) is 0.222. The van der Waals surface area contributed by atoms with Gasteiger partial charge in [0.05, 0.1) is 0 Å². The highest BCUT2D eigenvalue weighted by Crippen LogP contribution is 2.23. The molecule has 1 aromatic heterocycles. The van der Waals surface area contributed by atoms with Gasteiger partial charge in [-0.3, -0.25) is 4.79 Å². The lowest BCUT2D eigenvalue weighted by molar-refractivity contribution is 0.0953. The van der Waals surface area contributed by atoms with Gasteiger partial charge < -0.3 is 20.7 Å². The molecule has 4 aromatic rings. The van der Waals surface area contributed by atoms with Crippen molar-refractivity contribution in [3.63, 3.8) is 0 Å². The summed E-state index contributed by atoms with van der Waals surface area (Å²) in [5, 5.41) is 17.2. The summed E-state index contributed by atoms with van der Waals surface area (Å²) in [6, 6.07) is 23.2. The summed E-state index contributed by atoms with van der Waals surface area (Å²) in [7, 11) is 0. The van der Waals surface area contributed by atoms with Crippen LogP contribution < -0.4 is 10.6 Å². The molecule has 0 bridgehead atoms. The van der Waals surface area contributed by atoms with E-state index in [1.54, 1.807) is 12.1 Å². The molecule has 0 atom stereocenters. The Hall–Kier alpha value is -3.83. The van der Waals surface area contributed by atoms with Gasteiger partial charge in [0.15, 0.2) is 0 Å². The molecule has 3 aromatic carbocycles. The van der Waals surface area contributed by atoms with Gasteiger partial charge in [-0.2, -0.15) is 0 Å². The standard InChI is InChI=1S/C28H29N3O2/c32-24-13-14-27-26(18-24)23(20-31-27)15-17-29-19-22-11-4-5-12-25(22)28(33)30-16-7-6-10-21-8-2-1-3-9-21/h1-6,8-14,18,20,29,31-32H,7,15-17,19H2,(H,30,33). The number of phenolic OH excluding ortho intramolecular Hbond substituents is 1. The molecule has 0 aliphatic rings. The first-order valence-corrected chi connectivity index (χ1v) is 11.3. The van der Waals surface area contributed by atoms with Gasteiger partial charge in [0.1, 0.15) is 5.75 Å². The van der Waals surface area contributed by atoms with Crippen LogP contribution in [-0.4, -0.2) is 29.1 Å². The maximum atomic E-state index is 12.7. The molecule has 0 spiro atoms. The molecule has 4 rings (SSSR count). The molecule has 168 valence electrons. The molecule has 0 fully saturated rings. The van der Waals surface area contributed by atoms with Crippen LogP contribution in [0.1, 0.15) is 33.5 Å². The highest BCUT2D eigenvalue weighted by Gasteiger charge is 2.10. The normalized spacial score (nSPS) is 11.3. The molecule has 0 saturated carbocycles. The zero-order valence-corrected chi connectivity index (χ0v) is 18.6. The van der Waals surface area contributed by atoms with Crippen LogP contribution >= 0.6 is 0 Å². The van der Waals surface area contributed by atoms with Crippen LogP contribution in [0.25, 0.3) is 17.0 Å². The number of nitrogens with one attached hydrogen (secondary N) is 3. The molecule has 0 aliphatic carbocycles. The fraction of sp³-hybridized carbons (Fsp3) is 0.179. The third-order valence-electron chi connectivity index (χ3n) is 5.61.